The van der Waals surface area contributed by atoms with Gasteiger partial charge >= 0.3 is 0 Å². The van der Waals surface area contributed by atoms with E-state index in [2.05, 4.69) is 29.1 Å². The summed E-state index contributed by atoms with van der Waals surface area (Å²) in [6, 6.07) is 1.93. The highest BCUT2D eigenvalue weighted by molar-refractivity contribution is 5.49. The molecule has 0 unspecified atom stereocenters. The van der Waals surface area contributed by atoms with Crippen LogP contribution in [0.2, 0.25) is 0 Å². The zero-order chi connectivity index (χ0) is 14.8. The fourth-order valence-electron chi connectivity index (χ4n) is 2.75. The van der Waals surface area contributed by atoms with E-state index in [1.807, 2.05) is 25.1 Å². The maximum absolute atomic E-state index is 10.5. The summed E-state index contributed by atoms with van der Waals surface area (Å²) < 4.78 is 0. The number of aromatic nitrogens is 2. The third-order valence-corrected chi connectivity index (χ3v) is 3.96. The Hall–Kier alpha value is -1.36. The van der Waals surface area contributed by atoms with Gasteiger partial charge in [0.05, 0.1) is 5.60 Å². The van der Waals surface area contributed by atoms with Gasteiger partial charge in [-0.3, -0.25) is 0 Å². The van der Waals surface area contributed by atoms with E-state index >= 15 is 0 Å². The molecular formula is C15H26N4O. The van der Waals surface area contributed by atoms with Gasteiger partial charge < -0.3 is 15.3 Å². The molecule has 2 rings (SSSR count). The first-order valence-corrected chi connectivity index (χ1v) is 7.44. The molecule has 0 spiro atoms. The Bertz CT molecular complexity index is 455. The molecule has 112 valence electrons. The lowest BCUT2D eigenvalue weighted by atomic mass is 10.0. The van der Waals surface area contributed by atoms with Gasteiger partial charge in [-0.15, -0.1) is 0 Å². The largest absolute Gasteiger partial charge is 0.388 e. The molecule has 1 saturated carbocycles. The molecule has 1 aromatic rings. The van der Waals surface area contributed by atoms with Crippen LogP contribution in [0.3, 0.4) is 0 Å². The van der Waals surface area contributed by atoms with Crippen molar-refractivity contribution in [1.82, 2.24) is 9.97 Å². The van der Waals surface area contributed by atoms with Crippen LogP contribution in [0, 0.1) is 0 Å². The van der Waals surface area contributed by atoms with Crippen LogP contribution in [0.5, 0.6) is 0 Å². The van der Waals surface area contributed by atoms with Gasteiger partial charge in [-0.2, -0.15) is 0 Å². The quantitative estimate of drug-likeness (QED) is 0.866. The van der Waals surface area contributed by atoms with Gasteiger partial charge in [0.1, 0.15) is 17.5 Å². The van der Waals surface area contributed by atoms with Crippen molar-refractivity contribution in [2.45, 2.75) is 51.0 Å². The Balaban J connectivity index is 2.19. The zero-order valence-corrected chi connectivity index (χ0v) is 13.0. The monoisotopic (exact) mass is 278 g/mol. The van der Waals surface area contributed by atoms with Gasteiger partial charge in [-0.1, -0.05) is 26.7 Å². The summed E-state index contributed by atoms with van der Waals surface area (Å²) in [5.41, 5.74) is -0.558. The number of aliphatic hydroxyl groups is 1. The SMILES string of the molecule is CNc1cc(N(C)CC2(O)CCCC2)nc(C(C)C)n1. The lowest BCUT2D eigenvalue weighted by Gasteiger charge is -2.29. The van der Waals surface area contributed by atoms with Crippen molar-refractivity contribution in [3.05, 3.63) is 11.9 Å². The summed E-state index contributed by atoms with van der Waals surface area (Å²) in [4.78, 5) is 11.1. The van der Waals surface area contributed by atoms with Crippen LogP contribution in [-0.2, 0) is 0 Å². The summed E-state index contributed by atoms with van der Waals surface area (Å²) in [6.07, 6.45) is 4.01. The van der Waals surface area contributed by atoms with Gasteiger partial charge in [0.2, 0.25) is 0 Å². The standard InChI is InChI=1S/C15H26N4O/c1-11(2)14-17-12(16-3)9-13(18-14)19(4)10-15(20)7-5-6-8-15/h9,11,20H,5-8,10H2,1-4H3,(H,16,17,18). The van der Waals surface area contributed by atoms with Crippen molar-refractivity contribution in [2.75, 3.05) is 30.9 Å². The first-order valence-electron chi connectivity index (χ1n) is 7.44. The molecule has 0 bridgehead atoms. The van der Waals surface area contributed by atoms with E-state index in [1.54, 1.807) is 0 Å². The summed E-state index contributed by atoms with van der Waals surface area (Å²) in [5.74, 6) is 2.81. The number of nitrogens with zero attached hydrogens (tertiary/aromatic N) is 3. The van der Waals surface area contributed by atoms with Crippen LogP contribution >= 0.6 is 0 Å². The number of nitrogens with one attached hydrogen (secondary N) is 1. The highest BCUT2D eigenvalue weighted by Crippen LogP contribution is 2.31. The molecule has 0 aliphatic heterocycles. The molecule has 5 heteroatoms. The normalized spacial score (nSPS) is 17.5. The van der Waals surface area contributed by atoms with Crippen LogP contribution in [0.1, 0.15) is 51.3 Å². The van der Waals surface area contributed by atoms with Gasteiger partial charge in [-0.05, 0) is 12.8 Å². The Morgan fingerprint density at radius 3 is 2.55 bits per heavy atom. The first-order chi connectivity index (χ1) is 9.43. The van der Waals surface area contributed by atoms with E-state index in [4.69, 9.17) is 0 Å². The van der Waals surface area contributed by atoms with Crippen molar-refractivity contribution in [2.24, 2.45) is 0 Å². The Kier molecular flexibility index (Phi) is 4.48. The first kappa shape index (κ1) is 15.0. The highest BCUT2D eigenvalue weighted by Gasteiger charge is 2.32. The number of rotatable bonds is 5. The van der Waals surface area contributed by atoms with Crippen LogP contribution in [0.15, 0.2) is 6.07 Å². The smallest absolute Gasteiger partial charge is 0.135 e. The van der Waals surface area contributed by atoms with Crippen LogP contribution in [-0.4, -0.2) is 41.3 Å². The molecule has 1 heterocycles. The molecule has 1 aliphatic rings. The van der Waals surface area contributed by atoms with Crippen molar-refractivity contribution < 1.29 is 5.11 Å². The lowest BCUT2D eigenvalue weighted by molar-refractivity contribution is 0.0558. The number of anilines is 2. The van der Waals surface area contributed by atoms with E-state index < -0.39 is 5.60 Å². The molecule has 0 amide bonds. The summed E-state index contributed by atoms with van der Waals surface area (Å²) in [6.45, 7) is 4.80. The number of hydrogen-bond acceptors (Lipinski definition) is 5. The summed E-state index contributed by atoms with van der Waals surface area (Å²) in [5, 5.41) is 13.6. The minimum Gasteiger partial charge on any atom is -0.388 e. The van der Waals surface area contributed by atoms with E-state index in [0.717, 1.165) is 43.1 Å². The molecule has 0 radical (unpaired) electrons. The predicted octanol–water partition coefficient (Wildman–Crippen LogP) is 2.38. The Morgan fingerprint density at radius 2 is 2.00 bits per heavy atom. The molecular weight excluding hydrogens is 252 g/mol. The van der Waals surface area contributed by atoms with Crippen LogP contribution in [0.25, 0.3) is 0 Å². The summed E-state index contributed by atoms with van der Waals surface area (Å²) in [7, 11) is 3.85. The average molecular weight is 278 g/mol. The van der Waals surface area contributed by atoms with Crippen LogP contribution in [0.4, 0.5) is 11.6 Å². The molecule has 0 saturated heterocycles. The zero-order valence-electron chi connectivity index (χ0n) is 13.0. The fourth-order valence-corrected chi connectivity index (χ4v) is 2.75. The van der Waals surface area contributed by atoms with Crippen molar-refractivity contribution in [3.8, 4) is 0 Å². The minimum absolute atomic E-state index is 0.282. The van der Waals surface area contributed by atoms with Crippen molar-refractivity contribution >= 4 is 11.6 Å². The van der Waals surface area contributed by atoms with Crippen molar-refractivity contribution in [3.63, 3.8) is 0 Å². The third-order valence-electron chi connectivity index (χ3n) is 3.96. The second-order valence-electron chi connectivity index (χ2n) is 6.16. The molecule has 20 heavy (non-hydrogen) atoms. The molecule has 5 nitrogen and oxygen atoms in total. The maximum Gasteiger partial charge on any atom is 0.135 e. The topological polar surface area (TPSA) is 61.3 Å². The molecule has 1 fully saturated rings. The molecule has 0 atom stereocenters. The fraction of sp³-hybridized carbons (Fsp3) is 0.733. The number of hydrogen-bond donors (Lipinski definition) is 2. The average Bonchev–Trinajstić information content (AvgIpc) is 2.84. The lowest BCUT2D eigenvalue weighted by Crippen LogP contribution is -2.39. The molecule has 2 N–H and O–H groups in total. The van der Waals surface area contributed by atoms with E-state index in [9.17, 15) is 5.11 Å². The van der Waals surface area contributed by atoms with E-state index in [0.29, 0.717) is 6.54 Å². The van der Waals surface area contributed by atoms with Gasteiger partial charge in [-0.25, -0.2) is 9.97 Å². The molecule has 1 aliphatic carbocycles. The second-order valence-corrected chi connectivity index (χ2v) is 6.16. The molecule has 0 aromatic carbocycles. The Morgan fingerprint density at radius 1 is 1.35 bits per heavy atom. The highest BCUT2D eigenvalue weighted by atomic mass is 16.3. The van der Waals surface area contributed by atoms with Gasteiger partial charge in [0, 0.05) is 32.6 Å². The summed E-state index contributed by atoms with van der Waals surface area (Å²) >= 11 is 0. The maximum atomic E-state index is 10.5. The minimum atomic E-state index is -0.558. The van der Waals surface area contributed by atoms with E-state index in [-0.39, 0.29) is 5.92 Å². The molecule has 1 aromatic heterocycles. The van der Waals surface area contributed by atoms with Crippen molar-refractivity contribution in [1.29, 1.82) is 0 Å². The predicted molar refractivity (Wildman–Crippen MR) is 82.4 cm³/mol. The van der Waals surface area contributed by atoms with Gasteiger partial charge in [0.15, 0.2) is 0 Å². The van der Waals surface area contributed by atoms with E-state index in [1.165, 1.54) is 0 Å². The third kappa shape index (κ3) is 3.39. The second kappa shape index (κ2) is 5.95. The van der Waals surface area contributed by atoms with Gasteiger partial charge in [0.25, 0.3) is 0 Å². The van der Waals surface area contributed by atoms with Crippen LogP contribution < -0.4 is 10.2 Å². The Labute approximate surface area is 121 Å². The number of likely N-dealkylation sites (N-methyl/N-ethyl adjacent to an activating group) is 1.